The van der Waals surface area contributed by atoms with Crippen LogP contribution in [0.15, 0.2) is 72.6 Å². The largest absolute Gasteiger partial charge is 0.519 e. The molecule has 0 radical (unpaired) electrons. The van der Waals surface area contributed by atoms with E-state index in [1.165, 1.54) is 36.3 Å². The Morgan fingerprint density at radius 1 is 0.879 bits per heavy atom. The molecular weight excluding hydrogens is 861 g/mol. The van der Waals surface area contributed by atoms with Crippen molar-refractivity contribution in [1.82, 2.24) is 21.0 Å². The molecule has 4 amide bonds. The van der Waals surface area contributed by atoms with Gasteiger partial charge in [0.15, 0.2) is 23.9 Å². The third kappa shape index (κ3) is 15.4. The van der Waals surface area contributed by atoms with E-state index < -0.39 is 66.2 Å². The molecular formula is C47H60N4O15. The van der Waals surface area contributed by atoms with Crippen LogP contribution in [0.1, 0.15) is 118 Å². The van der Waals surface area contributed by atoms with E-state index in [0.717, 1.165) is 24.8 Å². The van der Waals surface area contributed by atoms with Crippen LogP contribution in [0, 0.1) is 12.8 Å². The molecule has 2 heterocycles. The quantitative estimate of drug-likeness (QED) is 0.0210. The van der Waals surface area contributed by atoms with Gasteiger partial charge < -0.3 is 48.1 Å². The van der Waals surface area contributed by atoms with Gasteiger partial charge in [-0.15, -0.1) is 0 Å². The van der Waals surface area contributed by atoms with Crippen LogP contribution in [0.4, 0.5) is 0 Å². The second kappa shape index (κ2) is 25.0. The van der Waals surface area contributed by atoms with E-state index in [1.54, 1.807) is 53.0 Å². The number of methoxy groups -OCH3 is 1. The van der Waals surface area contributed by atoms with Crippen molar-refractivity contribution in [3.8, 4) is 22.8 Å². The molecule has 3 atom stereocenters. The van der Waals surface area contributed by atoms with Crippen molar-refractivity contribution in [2.75, 3.05) is 20.4 Å². The van der Waals surface area contributed by atoms with Crippen LogP contribution in [0.2, 0.25) is 0 Å². The number of carbonyl (C=O) groups excluding carboxylic acids is 6. The second-order valence-electron chi connectivity index (χ2n) is 16.1. The van der Waals surface area contributed by atoms with Crippen LogP contribution in [0.25, 0.3) is 11.3 Å². The number of benzene rings is 2. The number of nitrogens with one attached hydrogen (secondary N) is 3. The third-order valence-electron chi connectivity index (χ3n) is 10.0. The minimum absolute atomic E-state index is 0.00194. The first kappa shape index (κ1) is 51.7. The summed E-state index contributed by atoms with van der Waals surface area (Å²) >= 11 is 0. The molecule has 3 N–H and O–H groups in total. The van der Waals surface area contributed by atoms with Gasteiger partial charge in [-0.2, -0.15) is 0 Å². The topological polar surface area (TPSA) is 244 Å². The monoisotopic (exact) mass is 920 g/mol. The van der Waals surface area contributed by atoms with E-state index in [0.29, 0.717) is 30.6 Å². The fraction of sp³-hybridized carbons (Fsp3) is 0.468. The fourth-order valence-electron chi connectivity index (χ4n) is 6.74. The zero-order valence-corrected chi connectivity index (χ0v) is 38.6. The molecule has 3 unspecified atom stereocenters. The molecule has 358 valence electrons. The van der Waals surface area contributed by atoms with Gasteiger partial charge in [0.1, 0.15) is 35.5 Å². The summed E-state index contributed by atoms with van der Waals surface area (Å²) in [4.78, 5) is 96.2. The van der Waals surface area contributed by atoms with E-state index in [2.05, 4.69) is 22.9 Å². The Balaban J connectivity index is 1.42. The molecule has 0 saturated heterocycles. The molecule has 2 aromatic heterocycles. The number of esters is 2. The standard InChI is InChI=1S/C47H60N4O15/c1-9-12-13-14-33(36(10-2)51(28-52)62-25-30-15-18-32(59-8)19-16-30)42(54)48-27-49-44(56)38-22-21-37(64-38)31-17-20-34(39(23-31)60-11-3)43(55)50-35(24-41(53)66-47(5,6)7)45(57)61-26-40-29(4)63-46(58)65-40/h15-23,28,33,35-36H,9-14,24-27H2,1-8H3,(H,48,54)(H,49,56)(H,50,55). The lowest BCUT2D eigenvalue weighted by Gasteiger charge is -2.32. The van der Waals surface area contributed by atoms with Crippen molar-refractivity contribution in [3.63, 3.8) is 0 Å². The lowest BCUT2D eigenvalue weighted by molar-refractivity contribution is -0.200. The highest BCUT2D eigenvalue weighted by Gasteiger charge is 2.33. The summed E-state index contributed by atoms with van der Waals surface area (Å²) in [6.45, 7) is 11.5. The first-order valence-corrected chi connectivity index (χ1v) is 21.7. The van der Waals surface area contributed by atoms with Gasteiger partial charge in [-0.25, -0.2) is 14.7 Å². The molecule has 4 aromatic rings. The zero-order chi connectivity index (χ0) is 48.4. The van der Waals surface area contributed by atoms with Crippen molar-refractivity contribution in [2.45, 2.75) is 118 Å². The minimum Gasteiger partial charge on any atom is -0.497 e. The Kier molecular flexibility index (Phi) is 19.6. The average molecular weight is 921 g/mol. The number of hydrogen-bond donors (Lipinski definition) is 3. The van der Waals surface area contributed by atoms with Gasteiger partial charge in [-0.05, 0) is 89.4 Å². The number of rotatable bonds is 26. The van der Waals surface area contributed by atoms with Crippen molar-refractivity contribution in [3.05, 3.63) is 93.6 Å². The molecule has 4 rings (SSSR count). The maximum Gasteiger partial charge on any atom is 0.519 e. The van der Waals surface area contributed by atoms with Crippen LogP contribution < -0.4 is 31.2 Å². The van der Waals surface area contributed by atoms with Gasteiger partial charge in [-0.1, -0.05) is 51.3 Å². The molecule has 0 spiro atoms. The normalized spacial score (nSPS) is 12.5. The smallest absolute Gasteiger partial charge is 0.497 e. The van der Waals surface area contributed by atoms with Crippen molar-refractivity contribution in [1.29, 1.82) is 0 Å². The lowest BCUT2D eigenvalue weighted by Crippen LogP contribution is -2.48. The number of hydrogen-bond acceptors (Lipinski definition) is 15. The average Bonchev–Trinajstić information content (AvgIpc) is 3.91. The summed E-state index contributed by atoms with van der Waals surface area (Å²) in [5.41, 5.74) is 0.348. The van der Waals surface area contributed by atoms with E-state index in [-0.39, 0.29) is 60.1 Å². The number of amides is 4. The van der Waals surface area contributed by atoms with Crippen LogP contribution >= 0.6 is 0 Å². The van der Waals surface area contributed by atoms with Gasteiger partial charge in [0, 0.05) is 5.56 Å². The van der Waals surface area contributed by atoms with Gasteiger partial charge in [0.05, 0.1) is 44.3 Å². The fourth-order valence-corrected chi connectivity index (χ4v) is 6.74. The Morgan fingerprint density at radius 3 is 2.24 bits per heavy atom. The molecule has 0 bridgehead atoms. The highest BCUT2D eigenvalue weighted by atomic mass is 16.7. The number of nitrogens with zero attached hydrogens (tertiary/aromatic N) is 1. The van der Waals surface area contributed by atoms with Crippen LogP contribution in [0.5, 0.6) is 11.5 Å². The molecule has 2 aromatic carbocycles. The van der Waals surface area contributed by atoms with Gasteiger partial charge in [0.25, 0.3) is 11.8 Å². The predicted molar refractivity (Wildman–Crippen MR) is 237 cm³/mol. The summed E-state index contributed by atoms with van der Waals surface area (Å²) < 4.78 is 37.2. The number of ether oxygens (including phenoxy) is 4. The molecule has 0 aliphatic rings. The van der Waals surface area contributed by atoms with Crippen molar-refractivity contribution >= 4 is 36.1 Å². The van der Waals surface area contributed by atoms with Crippen molar-refractivity contribution in [2.24, 2.45) is 5.92 Å². The molecule has 0 fully saturated rings. The molecule has 19 nitrogen and oxygen atoms in total. The highest BCUT2D eigenvalue weighted by molar-refractivity contribution is 6.00. The zero-order valence-electron chi connectivity index (χ0n) is 38.6. The van der Waals surface area contributed by atoms with E-state index >= 15 is 0 Å². The highest BCUT2D eigenvalue weighted by Crippen LogP contribution is 2.30. The van der Waals surface area contributed by atoms with Gasteiger partial charge in [-0.3, -0.25) is 28.8 Å². The summed E-state index contributed by atoms with van der Waals surface area (Å²) in [5.74, 6) is -4.20. The molecule has 0 aliphatic carbocycles. The number of furan rings is 1. The molecule has 19 heteroatoms. The second-order valence-corrected chi connectivity index (χ2v) is 16.1. The summed E-state index contributed by atoms with van der Waals surface area (Å²) in [7, 11) is 1.57. The number of aryl methyl sites for hydroxylation is 1. The maximum absolute atomic E-state index is 13.7. The Hall–Kier alpha value is -6.89. The van der Waals surface area contributed by atoms with Crippen LogP contribution in [-0.2, 0) is 46.7 Å². The number of hydroxylamine groups is 2. The minimum atomic E-state index is -1.52. The third-order valence-corrected chi connectivity index (χ3v) is 10.0. The SMILES string of the molecule is CCCCCC(C(=O)NCNC(=O)c1ccc(-c2ccc(C(=O)NC(CC(=O)OC(C)(C)C)C(=O)OCc3oc(=O)oc3C)c(OCC)c2)o1)C(CC)N(C=O)OCc1ccc(OC)cc1. The Labute approximate surface area is 382 Å². The Morgan fingerprint density at radius 2 is 1.62 bits per heavy atom. The Bertz CT molecular complexity index is 2310. The van der Waals surface area contributed by atoms with Gasteiger partial charge >= 0.3 is 17.8 Å². The summed E-state index contributed by atoms with van der Waals surface area (Å²) in [5, 5.41) is 9.12. The predicted octanol–water partition coefficient (Wildman–Crippen LogP) is 6.15. The lowest BCUT2D eigenvalue weighted by atomic mass is 9.90. The summed E-state index contributed by atoms with van der Waals surface area (Å²) in [6, 6.07) is 12.6. The first-order chi connectivity index (χ1) is 31.5. The first-order valence-electron chi connectivity index (χ1n) is 21.7. The van der Waals surface area contributed by atoms with Crippen molar-refractivity contribution < 1.29 is 65.8 Å². The van der Waals surface area contributed by atoms with Crippen LogP contribution in [-0.4, -0.2) is 79.2 Å². The molecule has 66 heavy (non-hydrogen) atoms. The number of carbonyl (C=O) groups is 6. The molecule has 0 saturated carbocycles. The number of unbranched alkanes of at least 4 members (excludes halogenated alkanes) is 2. The maximum atomic E-state index is 13.7. The van der Waals surface area contributed by atoms with Gasteiger partial charge in [0.2, 0.25) is 12.3 Å². The van der Waals surface area contributed by atoms with E-state index in [4.69, 9.17) is 37.0 Å². The summed E-state index contributed by atoms with van der Waals surface area (Å²) in [6.07, 6.45) is 3.47. The molecule has 0 aliphatic heterocycles. The van der Waals surface area contributed by atoms with E-state index in [1.807, 2.05) is 19.1 Å². The van der Waals surface area contributed by atoms with Crippen LogP contribution in [0.3, 0.4) is 0 Å². The van der Waals surface area contributed by atoms with E-state index in [9.17, 15) is 33.6 Å².